The summed E-state index contributed by atoms with van der Waals surface area (Å²) in [5.74, 6) is 1.34. The topological polar surface area (TPSA) is 79.9 Å². The van der Waals surface area contributed by atoms with Crippen molar-refractivity contribution in [2.24, 2.45) is 0 Å². The lowest BCUT2D eigenvalue weighted by Crippen LogP contribution is -2.37. The largest absolute Gasteiger partial charge is 0.468 e. The number of carbonyl (C=O) groups is 1. The van der Waals surface area contributed by atoms with E-state index in [0.717, 1.165) is 18.1 Å². The maximum absolute atomic E-state index is 11.4. The van der Waals surface area contributed by atoms with Crippen LogP contribution in [0.2, 0.25) is 0 Å². The van der Waals surface area contributed by atoms with Gasteiger partial charge >= 0.3 is 5.97 Å². The predicted octanol–water partition coefficient (Wildman–Crippen LogP) is 0.746. The Morgan fingerprint density at radius 2 is 2.41 bits per heavy atom. The first kappa shape index (κ1) is 14.0. The number of esters is 1. The Balaban J connectivity index is 2.34. The van der Waals surface area contributed by atoms with Crippen LogP contribution in [0.5, 0.6) is 0 Å². The minimum Gasteiger partial charge on any atom is -0.468 e. The molecule has 0 aromatic carbocycles. The fourth-order valence-electron chi connectivity index (χ4n) is 1.35. The number of methoxy groups -OCH3 is 1. The molecule has 1 rings (SSSR count). The Hall–Kier alpha value is -1.08. The highest BCUT2D eigenvalue weighted by atomic mass is 32.2. The molecule has 0 fully saturated rings. The van der Waals surface area contributed by atoms with Crippen LogP contribution in [0.25, 0.3) is 0 Å². The van der Waals surface area contributed by atoms with Gasteiger partial charge in [0.15, 0.2) is 0 Å². The number of hydrogen-bond acceptors (Lipinski definition) is 6. The molecule has 0 spiro atoms. The van der Waals surface area contributed by atoms with Gasteiger partial charge in [0, 0.05) is 5.75 Å². The third kappa shape index (κ3) is 4.74. The summed E-state index contributed by atoms with van der Waals surface area (Å²) < 4.78 is 4.72. The zero-order chi connectivity index (χ0) is 12.7. The molecule has 6 nitrogen and oxygen atoms in total. The minimum atomic E-state index is -0.252. The number of ether oxygens (including phenoxy) is 1. The summed E-state index contributed by atoms with van der Waals surface area (Å²) in [6, 6.07) is -0.252. The smallest absolute Gasteiger partial charge is 0.322 e. The molecule has 0 aliphatic heterocycles. The molecule has 17 heavy (non-hydrogen) atoms. The first-order chi connectivity index (χ1) is 8.17. The van der Waals surface area contributed by atoms with E-state index in [2.05, 4.69) is 20.5 Å². The van der Waals surface area contributed by atoms with Gasteiger partial charge in [-0.15, -0.1) is 5.10 Å². The SMILES string of the molecule is CCNC(CCSc1n[nH]c(C)n1)C(=O)OC. The number of H-pyrrole nitrogens is 1. The molecule has 1 aromatic rings. The number of carbonyl (C=O) groups excluding carboxylic acids is 1. The van der Waals surface area contributed by atoms with Crippen molar-refractivity contribution in [1.29, 1.82) is 0 Å². The summed E-state index contributed by atoms with van der Waals surface area (Å²) in [7, 11) is 1.40. The summed E-state index contributed by atoms with van der Waals surface area (Å²) in [4.78, 5) is 15.6. The molecule has 0 bridgehead atoms. The second-order valence-electron chi connectivity index (χ2n) is 3.47. The molecule has 1 atom stereocenters. The number of likely N-dealkylation sites (N-methyl/N-ethyl adjacent to an activating group) is 1. The van der Waals surface area contributed by atoms with Crippen LogP contribution in [0.3, 0.4) is 0 Å². The standard InChI is InChI=1S/C10H18N4O2S/c1-4-11-8(9(15)16-3)5-6-17-10-12-7(2)13-14-10/h8,11H,4-6H2,1-3H3,(H,12,13,14). The highest BCUT2D eigenvalue weighted by molar-refractivity contribution is 7.99. The summed E-state index contributed by atoms with van der Waals surface area (Å²) in [6.45, 7) is 4.55. The summed E-state index contributed by atoms with van der Waals surface area (Å²) in [5.41, 5.74) is 0. The van der Waals surface area contributed by atoms with Crippen molar-refractivity contribution in [1.82, 2.24) is 20.5 Å². The average molecular weight is 258 g/mol. The van der Waals surface area contributed by atoms with E-state index in [0.29, 0.717) is 11.6 Å². The number of hydrogen-bond donors (Lipinski definition) is 2. The molecular formula is C10H18N4O2S. The maximum atomic E-state index is 11.4. The van der Waals surface area contributed by atoms with Gasteiger partial charge in [0.1, 0.15) is 11.9 Å². The van der Waals surface area contributed by atoms with Crippen LogP contribution in [0.4, 0.5) is 0 Å². The molecule has 0 radical (unpaired) electrons. The Kier molecular flexibility index (Phi) is 5.99. The fraction of sp³-hybridized carbons (Fsp3) is 0.700. The van der Waals surface area contributed by atoms with E-state index in [1.165, 1.54) is 18.9 Å². The number of nitrogens with one attached hydrogen (secondary N) is 2. The first-order valence-electron chi connectivity index (χ1n) is 5.50. The van der Waals surface area contributed by atoms with Crippen molar-refractivity contribution in [2.45, 2.75) is 31.5 Å². The maximum Gasteiger partial charge on any atom is 0.322 e. The van der Waals surface area contributed by atoms with E-state index < -0.39 is 0 Å². The van der Waals surface area contributed by atoms with E-state index in [1.807, 2.05) is 13.8 Å². The lowest BCUT2D eigenvalue weighted by atomic mass is 10.2. The number of nitrogens with zero attached hydrogens (tertiary/aromatic N) is 2. The molecule has 2 N–H and O–H groups in total. The Morgan fingerprint density at radius 1 is 1.65 bits per heavy atom. The lowest BCUT2D eigenvalue weighted by Gasteiger charge is -2.14. The molecular weight excluding hydrogens is 240 g/mol. The van der Waals surface area contributed by atoms with Gasteiger partial charge in [-0.2, -0.15) is 0 Å². The number of aromatic amines is 1. The monoisotopic (exact) mass is 258 g/mol. The second kappa shape index (κ2) is 7.29. The quantitative estimate of drug-likeness (QED) is 0.555. The van der Waals surface area contributed by atoms with Crippen molar-refractivity contribution in [3.05, 3.63) is 5.82 Å². The number of aromatic nitrogens is 3. The number of rotatable bonds is 7. The molecule has 1 unspecified atom stereocenters. The van der Waals surface area contributed by atoms with Crippen LogP contribution in [0, 0.1) is 6.92 Å². The third-order valence-electron chi connectivity index (χ3n) is 2.15. The first-order valence-corrected chi connectivity index (χ1v) is 6.49. The van der Waals surface area contributed by atoms with Gasteiger partial charge in [0.05, 0.1) is 7.11 Å². The fourth-order valence-corrected chi connectivity index (χ4v) is 2.19. The van der Waals surface area contributed by atoms with E-state index >= 15 is 0 Å². The zero-order valence-electron chi connectivity index (χ0n) is 10.3. The van der Waals surface area contributed by atoms with Crippen LogP contribution in [0.15, 0.2) is 5.16 Å². The third-order valence-corrected chi connectivity index (χ3v) is 3.03. The summed E-state index contributed by atoms with van der Waals surface area (Å²) >= 11 is 1.52. The summed E-state index contributed by atoms with van der Waals surface area (Å²) in [5, 5.41) is 10.6. The van der Waals surface area contributed by atoms with E-state index in [-0.39, 0.29) is 12.0 Å². The van der Waals surface area contributed by atoms with Gasteiger partial charge in [-0.1, -0.05) is 18.7 Å². The van der Waals surface area contributed by atoms with E-state index in [4.69, 9.17) is 4.74 Å². The molecule has 1 heterocycles. The van der Waals surface area contributed by atoms with Gasteiger partial charge in [-0.25, -0.2) is 4.98 Å². The van der Waals surface area contributed by atoms with E-state index in [9.17, 15) is 4.79 Å². The Labute approximate surface area is 105 Å². The average Bonchev–Trinajstić information content (AvgIpc) is 2.73. The molecule has 96 valence electrons. The van der Waals surface area contributed by atoms with Crippen LogP contribution in [-0.2, 0) is 9.53 Å². The van der Waals surface area contributed by atoms with Crippen LogP contribution in [-0.4, -0.2) is 46.6 Å². The predicted molar refractivity (Wildman–Crippen MR) is 65.9 cm³/mol. The van der Waals surface area contributed by atoms with Gasteiger partial charge in [-0.3, -0.25) is 9.89 Å². The van der Waals surface area contributed by atoms with Crippen LogP contribution >= 0.6 is 11.8 Å². The molecule has 0 aliphatic carbocycles. The zero-order valence-corrected chi connectivity index (χ0v) is 11.1. The Bertz CT molecular complexity index is 356. The molecule has 0 saturated carbocycles. The molecule has 0 aliphatic rings. The number of thioether (sulfide) groups is 1. The minimum absolute atomic E-state index is 0.224. The van der Waals surface area contributed by atoms with Crippen molar-refractivity contribution in [2.75, 3.05) is 19.4 Å². The molecule has 0 amide bonds. The Morgan fingerprint density at radius 3 is 2.94 bits per heavy atom. The van der Waals surface area contributed by atoms with Crippen molar-refractivity contribution < 1.29 is 9.53 Å². The molecule has 7 heteroatoms. The van der Waals surface area contributed by atoms with Crippen molar-refractivity contribution in [3.63, 3.8) is 0 Å². The van der Waals surface area contributed by atoms with Gasteiger partial charge in [0.2, 0.25) is 5.16 Å². The van der Waals surface area contributed by atoms with E-state index in [1.54, 1.807) is 0 Å². The van der Waals surface area contributed by atoms with Crippen LogP contribution in [0.1, 0.15) is 19.2 Å². The van der Waals surface area contributed by atoms with Crippen molar-refractivity contribution >= 4 is 17.7 Å². The lowest BCUT2D eigenvalue weighted by molar-refractivity contribution is -0.143. The highest BCUT2D eigenvalue weighted by Gasteiger charge is 2.17. The number of aryl methyl sites for hydroxylation is 1. The van der Waals surface area contributed by atoms with Gasteiger partial charge in [0.25, 0.3) is 0 Å². The normalized spacial score (nSPS) is 12.4. The second-order valence-corrected chi connectivity index (χ2v) is 4.54. The summed E-state index contributed by atoms with van der Waals surface area (Å²) in [6.07, 6.45) is 0.693. The molecule has 1 aromatic heterocycles. The van der Waals surface area contributed by atoms with Crippen molar-refractivity contribution in [3.8, 4) is 0 Å². The van der Waals surface area contributed by atoms with Crippen LogP contribution < -0.4 is 5.32 Å². The molecule has 0 saturated heterocycles. The van der Waals surface area contributed by atoms with Gasteiger partial charge in [-0.05, 0) is 19.9 Å². The van der Waals surface area contributed by atoms with Gasteiger partial charge < -0.3 is 10.1 Å². The highest BCUT2D eigenvalue weighted by Crippen LogP contribution is 2.14.